The topological polar surface area (TPSA) is 107 Å². The molecule has 0 bridgehead atoms. The van der Waals surface area contributed by atoms with Crippen molar-refractivity contribution in [3.63, 3.8) is 0 Å². The number of phenolic OH excluding ortho intramolecular Hbond substituents is 1. The number of anilines is 1. The monoisotopic (exact) mass is 879 g/mol. The van der Waals surface area contributed by atoms with Crippen LogP contribution in [0.25, 0.3) is 6.08 Å². The number of phenols is 1. The minimum atomic E-state index is -5.24. The Bertz CT molecular complexity index is 2220. The Morgan fingerprint density at radius 2 is 1.37 bits per heavy atom. The van der Waals surface area contributed by atoms with Gasteiger partial charge in [-0.2, -0.15) is 26.3 Å². The van der Waals surface area contributed by atoms with Gasteiger partial charge in [0.15, 0.2) is 0 Å². The number of aliphatic hydroxyl groups is 2. The molecule has 4 atom stereocenters. The van der Waals surface area contributed by atoms with Gasteiger partial charge in [0.25, 0.3) is 8.32 Å². The summed E-state index contributed by atoms with van der Waals surface area (Å²) in [6, 6.07) is 26.6. The lowest BCUT2D eigenvalue weighted by Gasteiger charge is -2.44. The summed E-state index contributed by atoms with van der Waals surface area (Å²) >= 11 is 0. The number of imide groups is 1. The number of aromatic hydroxyl groups is 1. The summed E-state index contributed by atoms with van der Waals surface area (Å²) in [6.07, 6.45) is -8.08. The van der Waals surface area contributed by atoms with Crippen LogP contribution in [0.15, 0.2) is 120 Å². The van der Waals surface area contributed by atoms with Gasteiger partial charge < -0.3 is 19.7 Å². The van der Waals surface area contributed by atoms with Gasteiger partial charge in [-0.05, 0) is 88.1 Å². The molecule has 6 rings (SSSR count). The van der Waals surface area contributed by atoms with E-state index in [0.29, 0.717) is 35.4 Å². The molecule has 0 spiro atoms. The zero-order chi connectivity index (χ0) is 45.2. The van der Waals surface area contributed by atoms with Crippen LogP contribution >= 0.6 is 0 Å². The molecule has 2 amide bonds. The van der Waals surface area contributed by atoms with Crippen molar-refractivity contribution in [3.05, 3.63) is 137 Å². The standard InChI is InChI=1S/C48H51F6NO6Si/c1-5-12-30(23-31-17-20-36(57)21-18-31)19-22-41(58)42-32(29-61-62(46(2,3)4,37-13-8-6-9-14-37)38-15-10-7-11-16-38)24-39-43(40(42)28-56)45(60)55(44(39)59)35-26-33(47(49,50)51)25-34(27-35)48(52,53)54/h6-11,13-18,20-21,23,25-27,39-41,43,56-58H,5,12,19,22,24,28-29H2,1-4H3/b30-23+/t39-,40+,41-,43-/m1/s1. The van der Waals surface area contributed by atoms with Crippen molar-refractivity contribution in [3.8, 4) is 5.75 Å². The summed E-state index contributed by atoms with van der Waals surface area (Å²) in [6.45, 7) is 7.28. The van der Waals surface area contributed by atoms with Gasteiger partial charge in [-0.25, -0.2) is 4.90 Å². The Labute approximate surface area is 358 Å². The summed E-state index contributed by atoms with van der Waals surface area (Å²) in [5.41, 5.74) is -1.78. The van der Waals surface area contributed by atoms with Gasteiger partial charge in [-0.1, -0.05) is 119 Å². The maximum Gasteiger partial charge on any atom is 0.416 e. The number of carbonyl (C=O) groups is 2. The molecular weight excluding hydrogens is 829 g/mol. The average molecular weight is 880 g/mol. The van der Waals surface area contributed by atoms with E-state index in [1.807, 2.05) is 73.7 Å². The van der Waals surface area contributed by atoms with Crippen molar-refractivity contribution in [1.29, 1.82) is 0 Å². The number of benzene rings is 4. The molecule has 1 heterocycles. The molecule has 1 fully saturated rings. The van der Waals surface area contributed by atoms with Gasteiger partial charge in [-0.15, -0.1) is 0 Å². The van der Waals surface area contributed by atoms with Crippen LogP contribution in [0.4, 0.5) is 32.0 Å². The SMILES string of the molecule is CCC/C(=C\c1ccc(O)cc1)CC[C@@H](O)C1=C(CO[Si](c2ccccc2)(c2ccccc2)C(C)(C)C)C[C@H]2C(=O)N(c3cc(C(F)(F)F)cc(C(F)(F)F)c3)C(=O)[C@H]2[C@H]1CO. The number of hydrogen-bond donors (Lipinski definition) is 3. The van der Waals surface area contributed by atoms with Crippen molar-refractivity contribution in [1.82, 2.24) is 0 Å². The minimum absolute atomic E-state index is 0.0721. The Kier molecular flexibility index (Phi) is 13.8. The summed E-state index contributed by atoms with van der Waals surface area (Å²) in [5, 5.41) is 34.6. The first-order chi connectivity index (χ1) is 29.2. The molecule has 1 aliphatic heterocycles. The second-order valence-electron chi connectivity index (χ2n) is 17.1. The van der Waals surface area contributed by atoms with Gasteiger partial charge in [0.1, 0.15) is 5.75 Å². The average Bonchev–Trinajstić information content (AvgIpc) is 3.47. The Morgan fingerprint density at radius 1 is 0.823 bits per heavy atom. The van der Waals surface area contributed by atoms with Gasteiger partial charge in [0, 0.05) is 5.92 Å². The van der Waals surface area contributed by atoms with E-state index in [2.05, 4.69) is 20.8 Å². The van der Waals surface area contributed by atoms with Gasteiger partial charge in [0.05, 0.1) is 48.0 Å². The highest BCUT2D eigenvalue weighted by molar-refractivity contribution is 6.99. The third-order valence-electron chi connectivity index (χ3n) is 12.0. The van der Waals surface area contributed by atoms with E-state index in [9.17, 15) is 51.3 Å². The van der Waals surface area contributed by atoms with Crippen molar-refractivity contribution in [2.75, 3.05) is 18.1 Å². The van der Waals surface area contributed by atoms with Crippen LogP contribution in [0.2, 0.25) is 5.04 Å². The Hall–Kier alpha value is -5.02. The van der Waals surface area contributed by atoms with Gasteiger partial charge in [-0.3, -0.25) is 9.59 Å². The van der Waals surface area contributed by atoms with Crippen molar-refractivity contribution in [2.24, 2.45) is 17.8 Å². The number of alkyl halides is 6. The smallest absolute Gasteiger partial charge is 0.416 e. The van der Waals surface area contributed by atoms with E-state index in [1.54, 1.807) is 24.3 Å². The zero-order valence-electron chi connectivity index (χ0n) is 34.9. The van der Waals surface area contributed by atoms with E-state index in [-0.39, 0.29) is 36.8 Å². The van der Waals surface area contributed by atoms with Crippen molar-refractivity contribution in [2.45, 2.75) is 83.3 Å². The molecule has 3 N–H and O–H groups in total. The van der Waals surface area contributed by atoms with E-state index in [1.165, 1.54) is 0 Å². The highest BCUT2D eigenvalue weighted by Gasteiger charge is 2.57. The molecule has 1 saturated heterocycles. The molecule has 4 aromatic rings. The quantitative estimate of drug-likeness (QED) is 0.0505. The largest absolute Gasteiger partial charge is 0.508 e. The third-order valence-corrected chi connectivity index (χ3v) is 17.0. The fourth-order valence-corrected chi connectivity index (χ4v) is 13.8. The molecule has 0 aromatic heterocycles. The van der Waals surface area contributed by atoms with Crippen LogP contribution in [0.5, 0.6) is 5.75 Å². The molecule has 330 valence electrons. The van der Waals surface area contributed by atoms with E-state index < -0.39 is 84.8 Å². The number of amides is 2. The predicted octanol–water partition coefficient (Wildman–Crippen LogP) is 9.45. The van der Waals surface area contributed by atoms with E-state index >= 15 is 0 Å². The van der Waals surface area contributed by atoms with E-state index in [4.69, 9.17) is 4.43 Å². The number of nitrogens with zero attached hydrogens (tertiary/aromatic N) is 1. The second-order valence-corrected chi connectivity index (χ2v) is 21.4. The number of fused-ring (bicyclic) bond motifs is 1. The number of aliphatic hydroxyl groups excluding tert-OH is 2. The molecular formula is C48H51F6NO6Si. The molecule has 4 aromatic carbocycles. The first-order valence-corrected chi connectivity index (χ1v) is 22.5. The molecule has 7 nitrogen and oxygen atoms in total. The molecule has 62 heavy (non-hydrogen) atoms. The van der Waals surface area contributed by atoms with Gasteiger partial charge >= 0.3 is 12.4 Å². The maximum atomic E-state index is 14.4. The first kappa shape index (κ1) is 46.5. The third kappa shape index (κ3) is 9.48. The zero-order valence-corrected chi connectivity index (χ0v) is 35.9. The molecule has 14 heteroatoms. The fourth-order valence-electron chi connectivity index (χ4n) is 9.25. The lowest BCUT2D eigenvalue weighted by atomic mass is 9.68. The molecule has 0 unspecified atom stereocenters. The predicted molar refractivity (Wildman–Crippen MR) is 228 cm³/mol. The molecule has 1 aliphatic carbocycles. The lowest BCUT2D eigenvalue weighted by molar-refractivity contribution is -0.143. The number of carbonyl (C=O) groups excluding carboxylic acids is 2. The molecule has 2 aliphatic rings. The number of hydrogen-bond acceptors (Lipinski definition) is 6. The van der Waals surface area contributed by atoms with Crippen LogP contribution < -0.4 is 15.3 Å². The molecule has 0 saturated carbocycles. The fraction of sp³-hybridized carbons (Fsp3) is 0.375. The second kappa shape index (κ2) is 18.4. The minimum Gasteiger partial charge on any atom is -0.508 e. The van der Waals surface area contributed by atoms with Crippen molar-refractivity contribution >= 4 is 42.3 Å². The number of halogens is 6. The van der Waals surface area contributed by atoms with Crippen LogP contribution in [-0.2, 0) is 26.4 Å². The van der Waals surface area contributed by atoms with E-state index in [0.717, 1.165) is 27.9 Å². The van der Waals surface area contributed by atoms with Crippen LogP contribution in [0.1, 0.15) is 76.5 Å². The van der Waals surface area contributed by atoms with Crippen LogP contribution in [0, 0.1) is 17.8 Å². The molecule has 0 radical (unpaired) electrons. The summed E-state index contributed by atoms with van der Waals surface area (Å²) in [4.78, 5) is 29.1. The highest BCUT2D eigenvalue weighted by atomic mass is 28.4. The van der Waals surface area contributed by atoms with Gasteiger partial charge in [0.2, 0.25) is 11.8 Å². The highest BCUT2D eigenvalue weighted by Crippen LogP contribution is 2.49. The first-order valence-electron chi connectivity index (χ1n) is 20.6. The summed E-state index contributed by atoms with van der Waals surface area (Å²) in [5.74, 6) is -5.90. The lowest BCUT2D eigenvalue weighted by Crippen LogP contribution is -2.66. The van der Waals surface area contributed by atoms with Crippen LogP contribution in [0.3, 0.4) is 0 Å². The van der Waals surface area contributed by atoms with Crippen molar-refractivity contribution < 1.29 is 55.7 Å². The summed E-state index contributed by atoms with van der Waals surface area (Å²) < 4.78 is 91.3. The summed E-state index contributed by atoms with van der Waals surface area (Å²) in [7, 11) is -3.28. The maximum absolute atomic E-state index is 14.4. The number of allylic oxidation sites excluding steroid dienone is 1. The normalized spacial score (nSPS) is 19.6. The Balaban J connectivity index is 1.46. The van der Waals surface area contributed by atoms with Crippen LogP contribution in [-0.4, -0.2) is 54.8 Å². The Morgan fingerprint density at radius 3 is 1.85 bits per heavy atom. The number of rotatable bonds is 14.